The molecule has 0 saturated heterocycles. The maximum Gasteiger partial charge on any atom is 0.488 e. The zero-order chi connectivity index (χ0) is 22.4. The van der Waals surface area contributed by atoms with Crippen LogP contribution in [0, 0.1) is 0 Å². The maximum atomic E-state index is 9.53. The van der Waals surface area contributed by atoms with Gasteiger partial charge in [0, 0.05) is 0 Å². The first-order valence-corrected chi connectivity index (χ1v) is 11.1. The SMILES string of the molecule is OB(O)c1ccc(-c2c3ccccc3c(-c3cccc4ccccc34)c3ccccc23)cc1. The fourth-order valence-electron chi connectivity index (χ4n) is 4.99. The number of fused-ring (bicyclic) bond motifs is 3. The molecule has 2 N–H and O–H groups in total. The molecule has 0 aromatic heterocycles. The molecule has 6 rings (SSSR count). The standard InChI is InChI=1S/C30H21BO2/c32-31(33)22-18-16-21(17-19-22)29-25-11-3-5-13-27(25)30(28-14-6-4-12-26(28)29)24-15-7-9-20-8-1-2-10-23(20)24/h1-19,32-33H. The second-order valence-corrected chi connectivity index (χ2v) is 8.36. The van der Waals surface area contributed by atoms with Crippen molar-refractivity contribution in [1.29, 1.82) is 0 Å². The lowest BCUT2D eigenvalue weighted by molar-refractivity contribution is 0.426. The van der Waals surface area contributed by atoms with Gasteiger partial charge in [0.05, 0.1) is 0 Å². The van der Waals surface area contributed by atoms with Crippen LogP contribution in [0.3, 0.4) is 0 Å². The largest absolute Gasteiger partial charge is 0.488 e. The summed E-state index contributed by atoms with van der Waals surface area (Å²) >= 11 is 0. The lowest BCUT2D eigenvalue weighted by atomic mass is 9.79. The lowest BCUT2D eigenvalue weighted by Crippen LogP contribution is -2.29. The minimum absolute atomic E-state index is 0.486. The van der Waals surface area contributed by atoms with Gasteiger partial charge in [-0.2, -0.15) is 0 Å². The zero-order valence-electron chi connectivity index (χ0n) is 17.9. The Balaban J connectivity index is 1.76. The molecule has 6 aromatic rings. The molecular formula is C30H21BO2. The molecule has 0 aliphatic heterocycles. The van der Waals surface area contributed by atoms with Crippen LogP contribution in [0.4, 0.5) is 0 Å². The molecule has 0 saturated carbocycles. The highest BCUT2D eigenvalue weighted by Crippen LogP contribution is 2.44. The van der Waals surface area contributed by atoms with Crippen LogP contribution in [0.15, 0.2) is 115 Å². The first-order chi connectivity index (χ1) is 16.2. The molecule has 6 aromatic carbocycles. The van der Waals surface area contributed by atoms with E-state index in [1.54, 1.807) is 12.1 Å². The fraction of sp³-hybridized carbons (Fsp3) is 0. The van der Waals surface area contributed by atoms with Crippen molar-refractivity contribution in [3.8, 4) is 22.3 Å². The van der Waals surface area contributed by atoms with Crippen molar-refractivity contribution in [2.75, 3.05) is 0 Å². The Kier molecular flexibility index (Phi) is 4.72. The molecule has 0 fully saturated rings. The highest BCUT2D eigenvalue weighted by molar-refractivity contribution is 6.58. The van der Waals surface area contributed by atoms with Gasteiger partial charge in [0.1, 0.15) is 0 Å². The molecule has 0 spiro atoms. The van der Waals surface area contributed by atoms with Crippen molar-refractivity contribution in [1.82, 2.24) is 0 Å². The van der Waals surface area contributed by atoms with Crippen molar-refractivity contribution in [3.05, 3.63) is 115 Å². The predicted octanol–water partition coefficient (Wildman–Crippen LogP) is 6.16. The third-order valence-electron chi connectivity index (χ3n) is 6.49. The molecule has 0 radical (unpaired) electrons. The Labute approximate surface area is 192 Å². The van der Waals surface area contributed by atoms with Crippen LogP contribution in [-0.4, -0.2) is 17.2 Å². The maximum absolute atomic E-state index is 9.53. The minimum Gasteiger partial charge on any atom is -0.423 e. The average molecular weight is 424 g/mol. The summed E-state index contributed by atoms with van der Waals surface area (Å²) in [6, 6.07) is 39.7. The van der Waals surface area contributed by atoms with Gasteiger partial charge in [0.2, 0.25) is 0 Å². The summed E-state index contributed by atoms with van der Waals surface area (Å²) < 4.78 is 0. The highest BCUT2D eigenvalue weighted by Gasteiger charge is 2.18. The number of hydrogen-bond donors (Lipinski definition) is 2. The Morgan fingerprint density at radius 2 is 0.909 bits per heavy atom. The zero-order valence-corrected chi connectivity index (χ0v) is 17.9. The predicted molar refractivity (Wildman–Crippen MR) is 140 cm³/mol. The topological polar surface area (TPSA) is 40.5 Å². The number of hydrogen-bond acceptors (Lipinski definition) is 2. The Bertz CT molecular complexity index is 1570. The highest BCUT2D eigenvalue weighted by atomic mass is 16.4. The van der Waals surface area contributed by atoms with Gasteiger partial charge >= 0.3 is 7.12 Å². The first kappa shape index (κ1) is 19.7. The summed E-state index contributed by atoms with van der Waals surface area (Å²) in [5.74, 6) is 0. The van der Waals surface area contributed by atoms with Crippen molar-refractivity contribution in [2.45, 2.75) is 0 Å². The Morgan fingerprint density at radius 1 is 0.424 bits per heavy atom. The van der Waals surface area contributed by atoms with Gasteiger partial charge in [-0.05, 0) is 60.0 Å². The molecule has 0 aliphatic carbocycles. The molecule has 0 heterocycles. The monoisotopic (exact) mass is 424 g/mol. The van der Waals surface area contributed by atoms with Gasteiger partial charge in [-0.3, -0.25) is 0 Å². The van der Waals surface area contributed by atoms with E-state index in [-0.39, 0.29) is 0 Å². The third-order valence-corrected chi connectivity index (χ3v) is 6.49. The van der Waals surface area contributed by atoms with Crippen molar-refractivity contribution in [2.24, 2.45) is 0 Å². The van der Waals surface area contributed by atoms with Gasteiger partial charge in [-0.15, -0.1) is 0 Å². The van der Waals surface area contributed by atoms with E-state index in [2.05, 4.69) is 91.0 Å². The van der Waals surface area contributed by atoms with E-state index in [4.69, 9.17) is 0 Å². The van der Waals surface area contributed by atoms with Crippen molar-refractivity contribution in [3.63, 3.8) is 0 Å². The Morgan fingerprint density at radius 3 is 1.48 bits per heavy atom. The van der Waals surface area contributed by atoms with Gasteiger partial charge < -0.3 is 10.0 Å². The van der Waals surface area contributed by atoms with Crippen LogP contribution in [0.2, 0.25) is 0 Å². The summed E-state index contributed by atoms with van der Waals surface area (Å²) in [5, 5.41) is 26.3. The fourth-order valence-corrected chi connectivity index (χ4v) is 4.99. The number of benzene rings is 6. The summed E-state index contributed by atoms with van der Waals surface area (Å²) in [5.41, 5.74) is 5.16. The average Bonchev–Trinajstić information content (AvgIpc) is 2.87. The van der Waals surface area contributed by atoms with E-state index >= 15 is 0 Å². The number of rotatable bonds is 3. The van der Waals surface area contributed by atoms with Crippen molar-refractivity contribution >= 4 is 44.9 Å². The minimum atomic E-state index is -1.47. The van der Waals surface area contributed by atoms with E-state index in [0.717, 1.165) is 11.1 Å². The second kappa shape index (κ2) is 7.89. The van der Waals surface area contributed by atoms with Gasteiger partial charge in [-0.1, -0.05) is 115 Å². The van der Waals surface area contributed by atoms with E-state index in [1.165, 1.54) is 43.4 Å². The smallest absolute Gasteiger partial charge is 0.423 e. The van der Waals surface area contributed by atoms with Crippen LogP contribution < -0.4 is 5.46 Å². The Hall–Kier alpha value is -3.92. The molecule has 0 bridgehead atoms. The third kappa shape index (κ3) is 3.22. The summed E-state index contributed by atoms with van der Waals surface area (Å²) in [6.45, 7) is 0. The van der Waals surface area contributed by atoms with Crippen LogP contribution in [-0.2, 0) is 0 Å². The van der Waals surface area contributed by atoms with Crippen LogP contribution in [0.1, 0.15) is 0 Å². The van der Waals surface area contributed by atoms with E-state index < -0.39 is 7.12 Å². The van der Waals surface area contributed by atoms with Gasteiger partial charge in [-0.25, -0.2) is 0 Å². The van der Waals surface area contributed by atoms with Crippen molar-refractivity contribution < 1.29 is 10.0 Å². The normalized spacial score (nSPS) is 11.3. The second-order valence-electron chi connectivity index (χ2n) is 8.36. The molecule has 156 valence electrons. The molecule has 0 amide bonds. The molecule has 2 nitrogen and oxygen atoms in total. The van der Waals surface area contributed by atoms with E-state index in [0.29, 0.717) is 5.46 Å². The van der Waals surface area contributed by atoms with Crippen LogP contribution in [0.25, 0.3) is 54.6 Å². The molecule has 0 aliphatic rings. The molecule has 33 heavy (non-hydrogen) atoms. The van der Waals surface area contributed by atoms with E-state index in [1.807, 2.05) is 12.1 Å². The quantitative estimate of drug-likeness (QED) is 0.264. The molecule has 3 heteroatoms. The van der Waals surface area contributed by atoms with Gasteiger partial charge in [0.15, 0.2) is 0 Å². The summed E-state index contributed by atoms with van der Waals surface area (Å²) in [4.78, 5) is 0. The molecular weight excluding hydrogens is 403 g/mol. The lowest BCUT2D eigenvalue weighted by Gasteiger charge is -2.19. The van der Waals surface area contributed by atoms with Crippen LogP contribution >= 0.6 is 0 Å². The summed E-state index contributed by atoms with van der Waals surface area (Å²) in [7, 11) is -1.47. The van der Waals surface area contributed by atoms with E-state index in [9.17, 15) is 10.0 Å². The van der Waals surface area contributed by atoms with Gasteiger partial charge in [0.25, 0.3) is 0 Å². The summed E-state index contributed by atoms with van der Waals surface area (Å²) in [6.07, 6.45) is 0. The first-order valence-electron chi connectivity index (χ1n) is 11.1. The molecule has 0 atom stereocenters. The molecule has 0 unspecified atom stereocenters. The van der Waals surface area contributed by atoms with Crippen LogP contribution in [0.5, 0.6) is 0 Å².